The molecule has 188 valence electrons. The van der Waals surface area contributed by atoms with E-state index in [1.807, 2.05) is 6.08 Å². The van der Waals surface area contributed by atoms with Crippen molar-refractivity contribution in [3.63, 3.8) is 0 Å². The van der Waals surface area contributed by atoms with Gasteiger partial charge in [0.15, 0.2) is 16.6 Å². The van der Waals surface area contributed by atoms with Gasteiger partial charge < -0.3 is 29.6 Å². The van der Waals surface area contributed by atoms with Gasteiger partial charge in [0, 0.05) is 13.6 Å². The molecule has 0 aliphatic carbocycles. The number of ether oxygens (including phenoxy) is 4. The summed E-state index contributed by atoms with van der Waals surface area (Å²) in [6.07, 6.45) is 2.44. The molecule has 2 aromatic carbocycles. The van der Waals surface area contributed by atoms with E-state index in [1.165, 1.54) is 28.4 Å². The number of nitrogens with one attached hydrogen (secondary N) is 2. The van der Waals surface area contributed by atoms with Gasteiger partial charge in [0.2, 0.25) is 0 Å². The summed E-state index contributed by atoms with van der Waals surface area (Å²) in [6, 6.07) is 6.51. The van der Waals surface area contributed by atoms with Gasteiger partial charge in [-0.3, -0.25) is 0 Å². The van der Waals surface area contributed by atoms with Gasteiger partial charge in [-0.05, 0) is 59.6 Å². The fourth-order valence-electron chi connectivity index (χ4n) is 3.33. The zero-order chi connectivity index (χ0) is 26.1. The number of hydrogen-bond donors (Lipinski definition) is 2. The lowest BCUT2D eigenvalue weighted by molar-refractivity contribution is 0.0588. The first-order valence-electron chi connectivity index (χ1n) is 10.3. The maximum absolute atomic E-state index is 12.4. The molecule has 2 rings (SSSR count). The van der Waals surface area contributed by atoms with Gasteiger partial charge in [-0.15, -0.1) is 0 Å². The molecule has 0 saturated carbocycles. The Labute approximate surface area is 219 Å². The standard InChI is InChI=1S/C24H26Cl2N2O6S/c1-27-24(35)28-8-6-7-15(13-9-16(22(29)33-4)20(31-2)18(25)11-13)14-10-17(23(30)34-5)21(32-3)19(26)12-14/h7,9-12H,6,8H2,1-5H3,(H2,27,28,35). The van der Waals surface area contributed by atoms with Crippen molar-refractivity contribution in [2.24, 2.45) is 0 Å². The van der Waals surface area contributed by atoms with Gasteiger partial charge in [-0.2, -0.15) is 0 Å². The number of carbonyl (C=O) groups excluding carboxylic acids is 2. The van der Waals surface area contributed by atoms with E-state index in [0.717, 1.165) is 0 Å². The van der Waals surface area contributed by atoms with Crippen LogP contribution in [0.1, 0.15) is 38.3 Å². The fourth-order valence-corrected chi connectivity index (χ4v) is 4.02. The van der Waals surface area contributed by atoms with Gasteiger partial charge in [-0.1, -0.05) is 29.3 Å². The molecule has 0 amide bonds. The molecule has 0 bridgehead atoms. The maximum atomic E-state index is 12.4. The zero-order valence-corrected chi connectivity index (χ0v) is 22.2. The van der Waals surface area contributed by atoms with Crippen molar-refractivity contribution in [2.75, 3.05) is 42.0 Å². The van der Waals surface area contributed by atoms with Crippen LogP contribution < -0.4 is 20.1 Å². The molecule has 0 saturated heterocycles. The van der Waals surface area contributed by atoms with Crippen molar-refractivity contribution < 1.29 is 28.5 Å². The molecule has 2 N–H and O–H groups in total. The predicted molar refractivity (Wildman–Crippen MR) is 140 cm³/mol. The van der Waals surface area contributed by atoms with Crippen molar-refractivity contribution in [3.05, 3.63) is 62.6 Å². The molecular weight excluding hydrogens is 515 g/mol. The van der Waals surface area contributed by atoms with Crippen LogP contribution >= 0.6 is 35.4 Å². The Hall–Kier alpha value is -3.01. The molecule has 0 heterocycles. The molecule has 0 aliphatic rings. The maximum Gasteiger partial charge on any atom is 0.341 e. The average Bonchev–Trinajstić information content (AvgIpc) is 2.86. The van der Waals surface area contributed by atoms with E-state index >= 15 is 0 Å². The average molecular weight is 541 g/mol. The summed E-state index contributed by atoms with van der Waals surface area (Å²) in [5.74, 6) is -0.862. The number of rotatable bonds is 9. The van der Waals surface area contributed by atoms with Gasteiger partial charge in [0.05, 0.1) is 38.5 Å². The van der Waals surface area contributed by atoms with Gasteiger partial charge in [0.25, 0.3) is 0 Å². The fraction of sp³-hybridized carbons (Fsp3) is 0.292. The van der Waals surface area contributed by atoms with Gasteiger partial charge in [-0.25, -0.2) is 9.59 Å². The molecule has 0 unspecified atom stereocenters. The summed E-state index contributed by atoms with van der Waals surface area (Å²) in [4.78, 5) is 24.9. The number of halogens is 2. The third-order valence-electron chi connectivity index (χ3n) is 4.93. The number of carbonyl (C=O) groups is 2. The molecule has 11 heteroatoms. The lowest BCUT2D eigenvalue weighted by atomic mass is 9.93. The Balaban J connectivity index is 2.73. The highest BCUT2D eigenvalue weighted by Crippen LogP contribution is 2.38. The molecule has 2 aromatic rings. The molecule has 0 aromatic heterocycles. The van der Waals surface area contributed by atoms with Crippen LogP contribution in [0.5, 0.6) is 11.5 Å². The molecule has 8 nitrogen and oxygen atoms in total. The van der Waals surface area contributed by atoms with E-state index in [1.54, 1.807) is 31.3 Å². The highest BCUT2D eigenvalue weighted by molar-refractivity contribution is 7.80. The van der Waals surface area contributed by atoms with E-state index in [0.29, 0.717) is 34.8 Å². The molecule has 0 spiro atoms. The highest BCUT2D eigenvalue weighted by atomic mass is 35.5. The van der Waals surface area contributed by atoms with Crippen LogP contribution in [0.25, 0.3) is 5.57 Å². The van der Waals surface area contributed by atoms with Crippen LogP contribution in [0.4, 0.5) is 0 Å². The molecular formula is C24H26Cl2N2O6S. The minimum Gasteiger partial charge on any atom is -0.494 e. The summed E-state index contributed by atoms with van der Waals surface area (Å²) in [6.45, 7) is 0.519. The summed E-state index contributed by atoms with van der Waals surface area (Å²) in [5, 5.41) is 6.82. The Morgan fingerprint density at radius 2 is 1.34 bits per heavy atom. The quantitative estimate of drug-likeness (QED) is 0.270. The van der Waals surface area contributed by atoms with Crippen molar-refractivity contribution >= 4 is 58.0 Å². The lowest BCUT2D eigenvalue weighted by Crippen LogP contribution is -2.32. The first-order valence-corrected chi connectivity index (χ1v) is 11.5. The summed E-state index contributed by atoms with van der Waals surface area (Å²) in [7, 11) is 7.07. The van der Waals surface area contributed by atoms with Crippen molar-refractivity contribution in [1.82, 2.24) is 10.6 Å². The van der Waals surface area contributed by atoms with Crippen LogP contribution in [0.3, 0.4) is 0 Å². The monoisotopic (exact) mass is 540 g/mol. The van der Waals surface area contributed by atoms with Crippen molar-refractivity contribution in [2.45, 2.75) is 6.42 Å². The normalized spacial score (nSPS) is 10.1. The number of esters is 2. The summed E-state index contributed by atoms with van der Waals surface area (Å²) >= 11 is 18.0. The molecule has 0 aliphatic heterocycles. The smallest absolute Gasteiger partial charge is 0.341 e. The largest absolute Gasteiger partial charge is 0.494 e. The molecule has 0 atom stereocenters. The number of thiocarbonyl (C=S) groups is 1. The highest BCUT2D eigenvalue weighted by Gasteiger charge is 2.22. The van der Waals surface area contributed by atoms with Crippen LogP contribution in [-0.2, 0) is 9.47 Å². The Kier molecular flexibility index (Phi) is 10.6. The third-order valence-corrected chi connectivity index (χ3v) is 5.84. The SMILES string of the molecule is CNC(=S)NCCC=C(c1cc(Cl)c(OC)c(C(=O)OC)c1)c1cc(Cl)c(OC)c(C(=O)OC)c1. The number of hydrogen-bond acceptors (Lipinski definition) is 7. The van der Waals surface area contributed by atoms with E-state index in [9.17, 15) is 9.59 Å². The minimum absolute atomic E-state index is 0.144. The topological polar surface area (TPSA) is 95.1 Å². The van der Waals surface area contributed by atoms with Gasteiger partial charge >= 0.3 is 11.9 Å². The van der Waals surface area contributed by atoms with Crippen LogP contribution in [-0.4, -0.2) is 59.1 Å². The molecule has 0 radical (unpaired) electrons. The van der Waals surface area contributed by atoms with Crippen LogP contribution in [0, 0.1) is 0 Å². The van der Waals surface area contributed by atoms with E-state index in [4.69, 9.17) is 54.4 Å². The number of methoxy groups -OCH3 is 4. The van der Waals surface area contributed by atoms with Crippen molar-refractivity contribution in [3.8, 4) is 11.5 Å². The molecule has 0 fully saturated rings. The number of benzene rings is 2. The predicted octanol–water partition coefficient (Wildman–Crippen LogP) is 4.50. The first-order chi connectivity index (χ1) is 16.7. The second-order valence-electron chi connectivity index (χ2n) is 6.97. The Morgan fingerprint density at radius 1 is 0.886 bits per heavy atom. The second kappa shape index (κ2) is 13.2. The Morgan fingerprint density at radius 3 is 1.71 bits per heavy atom. The van der Waals surface area contributed by atoms with Gasteiger partial charge in [0.1, 0.15) is 11.1 Å². The summed E-state index contributed by atoms with van der Waals surface area (Å²) in [5.41, 5.74) is 2.08. The summed E-state index contributed by atoms with van der Waals surface area (Å²) < 4.78 is 20.4. The van der Waals surface area contributed by atoms with Crippen LogP contribution in [0.2, 0.25) is 10.0 Å². The molecule has 35 heavy (non-hydrogen) atoms. The first kappa shape index (κ1) is 28.2. The minimum atomic E-state index is -0.617. The van der Waals surface area contributed by atoms with Crippen molar-refractivity contribution in [1.29, 1.82) is 0 Å². The van der Waals surface area contributed by atoms with Crippen LogP contribution in [0.15, 0.2) is 30.3 Å². The Bertz CT molecular complexity index is 1080. The third kappa shape index (κ3) is 6.78. The zero-order valence-electron chi connectivity index (χ0n) is 19.9. The second-order valence-corrected chi connectivity index (χ2v) is 8.20. The van der Waals surface area contributed by atoms with E-state index < -0.39 is 11.9 Å². The van der Waals surface area contributed by atoms with E-state index in [2.05, 4.69) is 10.6 Å². The lowest BCUT2D eigenvalue weighted by Gasteiger charge is -2.17. The van der Waals surface area contributed by atoms with E-state index in [-0.39, 0.29) is 32.7 Å².